The third-order valence-electron chi connectivity index (χ3n) is 3.18. The van der Waals surface area contributed by atoms with E-state index >= 15 is 0 Å². The highest BCUT2D eigenvalue weighted by atomic mass is 32.1. The van der Waals surface area contributed by atoms with E-state index in [-0.39, 0.29) is 5.91 Å². The number of benzene rings is 1. The van der Waals surface area contributed by atoms with Gasteiger partial charge in [0.2, 0.25) is 0 Å². The van der Waals surface area contributed by atoms with Gasteiger partial charge in [0.05, 0.1) is 11.4 Å². The minimum Gasteiger partial charge on any atom is -0.321 e. The lowest BCUT2D eigenvalue weighted by molar-refractivity contribution is 0.102. The number of carbonyl (C=O) groups excluding carboxylic acids is 1. The number of aromatic nitrogens is 4. The second-order valence-electron chi connectivity index (χ2n) is 4.80. The van der Waals surface area contributed by atoms with Crippen molar-refractivity contribution in [1.82, 2.24) is 19.8 Å². The van der Waals surface area contributed by atoms with E-state index in [1.165, 1.54) is 0 Å². The number of carbonyl (C=O) groups is 1. The molecule has 6 nitrogen and oxygen atoms in total. The predicted octanol–water partition coefficient (Wildman–Crippen LogP) is 3.13. The van der Waals surface area contributed by atoms with E-state index in [1.807, 2.05) is 30.3 Å². The van der Waals surface area contributed by atoms with Crippen LogP contribution >= 0.6 is 11.5 Å². The predicted molar refractivity (Wildman–Crippen MR) is 85.9 cm³/mol. The van der Waals surface area contributed by atoms with Gasteiger partial charge in [0.25, 0.3) is 5.91 Å². The Morgan fingerprint density at radius 3 is 3.05 bits per heavy atom. The highest BCUT2D eigenvalue weighted by Crippen LogP contribution is 2.21. The summed E-state index contributed by atoms with van der Waals surface area (Å²) >= 11 is 1.13. The lowest BCUT2D eigenvalue weighted by Crippen LogP contribution is -2.12. The molecule has 0 saturated carbocycles. The molecule has 0 unspecified atom stereocenters. The molecule has 112 valence electrons. The summed E-state index contributed by atoms with van der Waals surface area (Å²) < 4.78 is 3.88. The van der Waals surface area contributed by atoms with Crippen LogP contribution in [0.3, 0.4) is 0 Å². The Balaban J connectivity index is 1.79. The van der Waals surface area contributed by atoms with Gasteiger partial charge >= 0.3 is 0 Å². The quantitative estimate of drug-likeness (QED) is 0.758. The van der Waals surface area contributed by atoms with Crippen molar-refractivity contribution >= 4 is 23.1 Å². The fraction of sp³-hybridized carbons (Fsp3) is 0.200. The van der Waals surface area contributed by atoms with Gasteiger partial charge in [-0.1, -0.05) is 30.0 Å². The number of aromatic amines is 1. The molecule has 0 aliphatic heterocycles. The molecular formula is C15H15N5OS. The monoisotopic (exact) mass is 313 g/mol. The fourth-order valence-electron chi connectivity index (χ4n) is 2.15. The minimum atomic E-state index is -0.166. The average molecular weight is 313 g/mol. The molecular weight excluding hydrogens is 298 g/mol. The van der Waals surface area contributed by atoms with Crippen LogP contribution in [0.25, 0.3) is 11.3 Å². The van der Waals surface area contributed by atoms with Crippen molar-refractivity contribution in [2.45, 2.75) is 19.8 Å². The van der Waals surface area contributed by atoms with E-state index in [2.05, 4.69) is 32.0 Å². The molecule has 22 heavy (non-hydrogen) atoms. The Morgan fingerprint density at radius 1 is 1.36 bits per heavy atom. The molecule has 0 saturated heterocycles. The summed E-state index contributed by atoms with van der Waals surface area (Å²) in [6.07, 6.45) is 3.38. The molecule has 3 aromatic rings. The first-order chi connectivity index (χ1) is 10.8. The molecule has 0 atom stereocenters. The van der Waals surface area contributed by atoms with Crippen molar-refractivity contribution in [3.05, 3.63) is 47.1 Å². The summed E-state index contributed by atoms with van der Waals surface area (Å²) in [7, 11) is 0. The van der Waals surface area contributed by atoms with Crippen LogP contribution in [0.2, 0.25) is 0 Å². The standard InChI is InChI=1S/C15H15N5OS/c1-2-4-13-14(22-20-19-13)15(21)17-11-6-3-5-10(9-11)12-7-8-16-18-12/h3,5-9H,2,4H2,1H3,(H,16,18)(H,17,21). The number of nitrogens with zero attached hydrogens (tertiary/aromatic N) is 3. The normalized spacial score (nSPS) is 10.6. The molecule has 3 rings (SSSR count). The molecule has 0 radical (unpaired) electrons. The van der Waals surface area contributed by atoms with Crippen molar-refractivity contribution in [2.75, 3.05) is 5.32 Å². The third-order valence-corrected chi connectivity index (χ3v) is 3.95. The number of H-pyrrole nitrogens is 1. The zero-order valence-electron chi connectivity index (χ0n) is 12.0. The maximum absolute atomic E-state index is 12.4. The zero-order chi connectivity index (χ0) is 15.4. The van der Waals surface area contributed by atoms with Gasteiger partial charge in [-0.2, -0.15) is 5.10 Å². The number of anilines is 1. The van der Waals surface area contributed by atoms with Crippen LogP contribution in [-0.4, -0.2) is 25.7 Å². The summed E-state index contributed by atoms with van der Waals surface area (Å²) in [5.74, 6) is -0.166. The number of aryl methyl sites for hydroxylation is 1. The summed E-state index contributed by atoms with van der Waals surface area (Å²) in [4.78, 5) is 12.9. The molecule has 2 N–H and O–H groups in total. The van der Waals surface area contributed by atoms with Gasteiger partial charge in [0.15, 0.2) is 0 Å². The molecule has 0 aliphatic rings. The number of hydrogen-bond donors (Lipinski definition) is 2. The summed E-state index contributed by atoms with van der Waals surface area (Å²) in [6.45, 7) is 2.05. The van der Waals surface area contributed by atoms with Gasteiger partial charge in [-0.05, 0) is 36.2 Å². The van der Waals surface area contributed by atoms with Gasteiger partial charge in [0.1, 0.15) is 4.88 Å². The van der Waals surface area contributed by atoms with Crippen molar-refractivity contribution in [1.29, 1.82) is 0 Å². The third kappa shape index (κ3) is 3.04. The highest BCUT2D eigenvalue weighted by molar-refractivity contribution is 7.08. The van der Waals surface area contributed by atoms with Crippen LogP contribution in [0.4, 0.5) is 5.69 Å². The number of hydrogen-bond acceptors (Lipinski definition) is 5. The lowest BCUT2D eigenvalue weighted by atomic mass is 10.1. The summed E-state index contributed by atoms with van der Waals surface area (Å²) in [5.41, 5.74) is 3.36. The largest absolute Gasteiger partial charge is 0.321 e. The van der Waals surface area contributed by atoms with Crippen molar-refractivity contribution in [3.8, 4) is 11.3 Å². The molecule has 1 amide bonds. The molecule has 1 aromatic carbocycles. The van der Waals surface area contributed by atoms with Gasteiger partial charge in [-0.25, -0.2) is 0 Å². The smallest absolute Gasteiger partial charge is 0.269 e. The minimum absolute atomic E-state index is 0.166. The number of amides is 1. The van der Waals surface area contributed by atoms with Crippen molar-refractivity contribution in [3.63, 3.8) is 0 Å². The Morgan fingerprint density at radius 2 is 2.27 bits per heavy atom. The zero-order valence-corrected chi connectivity index (χ0v) is 12.9. The van der Waals surface area contributed by atoms with Crippen molar-refractivity contribution in [2.24, 2.45) is 0 Å². The van der Waals surface area contributed by atoms with Gasteiger partial charge < -0.3 is 5.32 Å². The first kappa shape index (κ1) is 14.4. The highest BCUT2D eigenvalue weighted by Gasteiger charge is 2.16. The average Bonchev–Trinajstić information content (AvgIpc) is 3.19. The van der Waals surface area contributed by atoms with E-state index in [0.717, 1.165) is 47.0 Å². The Kier molecular flexibility index (Phi) is 4.24. The van der Waals surface area contributed by atoms with Gasteiger partial charge in [0, 0.05) is 17.4 Å². The van der Waals surface area contributed by atoms with E-state index in [0.29, 0.717) is 4.88 Å². The Hall–Kier alpha value is -2.54. The molecule has 0 fully saturated rings. The van der Waals surface area contributed by atoms with E-state index < -0.39 is 0 Å². The molecule has 0 bridgehead atoms. The van der Waals surface area contributed by atoms with Crippen LogP contribution < -0.4 is 5.32 Å². The van der Waals surface area contributed by atoms with Crippen LogP contribution in [0.15, 0.2) is 36.5 Å². The molecule has 2 aromatic heterocycles. The topological polar surface area (TPSA) is 83.6 Å². The van der Waals surface area contributed by atoms with Crippen molar-refractivity contribution < 1.29 is 4.79 Å². The molecule has 0 spiro atoms. The molecule has 0 aliphatic carbocycles. The van der Waals surface area contributed by atoms with Crippen LogP contribution in [0, 0.1) is 0 Å². The number of rotatable bonds is 5. The Labute approximate surface area is 131 Å². The number of nitrogens with one attached hydrogen (secondary N) is 2. The summed E-state index contributed by atoms with van der Waals surface area (Å²) in [5, 5.41) is 13.8. The van der Waals surface area contributed by atoms with Crippen LogP contribution in [0.5, 0.6) is 0 Å². The van der Waals surface area contributed by atoms with Crippen LogP contribution in [-0.2, 0) is 6.42 Å². The first-order valence-electron chi connectivity index (χ1n) is 7.00. The SMILES string of the molecule is CCCc1nnsc1C(=O)Nc1cccc(-c2ccn[nH]2)c1. The van der Waals surface area contributed by atoms with E-state index in [9.17, 15) is 4.79 Å². The lowest BCUT2D eigenvalue weighted by Gasteiger charge is -2.06. The van der Waals surface area contributed by atoms with Gasteiger partial charge in [-0.15, -0.1) is 5.10 Å². The second kappa shape index (κ2) is 6.48. The maximum atomic E-state index is 12.4. The van der Waals surface area contributed by atoms with E-state index in [4.69, 9.17) is 0 Å². The van der Waals surface area contributed by atoms with E-state index in [1.54, 1.807) is 6.20 Å². The Bertz CT molecular complexity index is 766. The first-order valence-corrected chi connectivity index (χ1v) is 7.77. The maximum Gasteiger partial charge on any atom is 0.269 e. The molecule has 7 heteroatoms. The second-order valence-corrected chi connectivity index (χ2v) is 5.56. The molecule has 2 heterocycles. The summed E-state index contributed by atoms with van der Waals surface area (Å²) in [6, 6.07) is 9.49. The fourth-order valence-corrected chi connectivity index (χ4v) is 2.75. The van der Waals surface area contributed by atoms with Crippen LogP contribution in [0.1, 0.15) is 28.7 Å². The van der Waals surface area contributed by atoms with Gasteiger partial charge in [-0.3, -0.25) is 9.89 Å².